The van der Waals surface area contributed by atoms with Gasteiger partial charge in [-0.25, -0.2) is 0 Å². The van der Waals surface area contributed by atoms with Crippen LogP contribution in [-0.4, -0.2) is 31.1 Å². The number of ether oxygens (including phenoxy) is 1. The number of amides is 1. The molecule has 0 bridgehead atoms. The maximum absolute atomic E-state index is 12.4. The first-order valence-electron chi connectivity index (χ1n) is 9.38. The van der Waals surface area contributed by atoms with Crippen LogP contribution in [0.15, 0.2) is 30.3 Å². The van der Waals surface area contributed by atoms with Gasteiger partial charge < -0.3 is 15.4 Å². The highest BCUT2D eigenvalue weighted by Gasteiger charge is 2.38. The largest absolute Gasteiger partial charge is 0.376 e. The standard InChI is InChI=1S/C20H30N2O2/c1-15(13-24-14-16-7-3-2-4-8-16)12-21-20(23)19-11-17-9-5-6-10-18(17)22-19/h2-4,7-8,15,17-19,22H,5-6,9-14H2,1H3,(H,21,23). The van der Waals surface area contributed by atoms with E-state index in [0.29, 0.717) is 37.6 Å². The van der Waals surface area contributed by atoms with E-state index in [1.54, 1.807) is 0 Å². The van der Waals surface area contributed by atoms with Crippen LogP contribution in [0.25, 0.3) is 0 Å². The van der Waals surface area contributed by atoms with E-state index in [1.165, 1.54) is 31.2 Å². The molecule has 1 saturated heterocycles. The lowest BCUT2D eigenvalue weighted by atomic mass is 9.85. The monoisotopic (exact) mass is 330 g/mol. The van der Waals surface area contributed by atoms with Crippen LogP contribution in [0.2, 0.25) is 0 Å². The Kier molecular flexibility index (Phi) is 6.27. The second-order valence-corrected chi connectivity index (χ2v) is 7.46. The van der Waals surface area contributed by atoms with Crippen LogP contribution in [-0.2, 0) is 16.1 Å². The van der Waals surface area contributed by atoms with Crippen molar-refractivity contribution in [3.8, 4) is 0 Å². The highest BCUT2D eigenvalue weighted by molar-refractivity contribution is 5.82. The van der Waals surface area contributed by atoms with E-state index in [4.69, 9.17) is 4.74 Å². The molecule has 3 rings (SSSR count). The second kappa shape index (κ2) is 8.63. The molecule has 4 nitrogen and oxygen atoms in total. The van der Waals surface area contributed by atoms with Gasteiger partial charge in [-0.3, -0.25) is 4.79 Å². The zero-order valence-corrected chi connectivity index (χ0v) is 14.7. The van der Waals surface area contributed by atoms with Gasteiger partial charge in [-0.2, -0.15) is 0 Å². The Hall–Kier alpha value is -1.39. The molecule has 1 saturated carbocycles. The summed E-state index contributed by atoms with van der Waals surface area (Å²) < 4.78 is 5.75. The molecule has 2 fully saturated rings. The van der Waals surface area contributed by atoms with E-state index >= 15 is 0 Å². The van der Waals surface area contributed by atoms with Crippen LogP contribution < -0.4 is 10.6 Å². The van der Waals surface area contributed by atoms with Crippen molar-refractivity contribution in [2.24, 2.45) is 11.8 Å². The van der Waals surface area contributed by atoms with E-state index in [0.717, 1.165) is 6.42 Å². The van der Waals surface area contributed by atoms with Gasteiger partial charge in [0.1, 0.15) is 0 Å². The molecule has 4 unspecified atom stereocenters. The van der Waals surface area contributed by atoms with Gasteiger partial charge >= 0.3 is 0 Å². The molecule has 0 aromatic heterocycles. The molecular formula is C20H30N2O2. The maximum atomic E-state index is 12.4. The molecule has 4 atom stereocenters. The molecule has 0 spiro atoms. The number of hydrogen-bond donors (Lipinski definition) is 2. The molecule has 1 aromatic carbocycles. The van der Waals surface area contributed by atoms with Crippen molar-refractivity contribution < 1.29 is 9.53 Å². The molecule has 1 heterocycles. The molecule has 132 valence electrons. The fourth-order valence-electron chi connectivity index (χ4n) is 3.93. The summed E-state index contributed by atoms with van der Waals surface area (Å²) in [6.07, 6.45) is 6.16. The van der Waals surface area contributed by atoms with Crippen molar-refractivity contribution in [2.45, 2.75) is 57.7 Å². The fourth-order valence-corrected chi connectivity index (χ4v) is 3.93. The Morgan fingerprint density at radius 3 is 2.88 bits per heavy atom. The van der Waals surface area contributed by atoms with Crippen molar-refractivity contribution >= 4 is 5.91 Å². The number of nitrogens with one attached hydrogen (secondary N) is 2. The number of carbonyl (C=O) groups excluding carboxylic acids is 1. The van der Waals surface area contributed by atoms with Crippen molar-refractivity contribution in [1.82, 2.24) is 10.6 Å². The lowest BCUT2D eigenvalue weighted by Gasteiger charge is -2.24. The summed E-state index contributed by atoms with van der Waals surface area (Å²) >= 11 is 0. The molecule has 1 amide bonds. The molecule has 2 N–H and O–H groups in total. The predicted octanol–water partition coefficient (Wildman–Crippen LogP) is 2.88. The summed E-state index contributed by atoms with van der Waals surface area (Å²) in [4.78, 5) is 12.4. The quantitative estimate of drug-likeness (QED) is 0.808. The summed E-state index contributed by atoms with van der Waals surface area (Å²) in [5.74, 6) is 1.20. The first-order valence-corrected chi connectivity index (χ1v) is 9.38. The molecule has 1 aromatic rings. The van der Waals surface area contributed by atoms with E-state index in [9.17, 15) is 4.79 Å². The summed E-state index contributed by atoms with van der Waals surface area (Å²) in [7, 11) is 0. The van der Waals surface area contributed by atoms with Crippen molar-refractivity contribution in [3.05, 3.63) is 35.9 Å². The first-order chi connectivity index (χ1) is 11.7. The second-order valence-electron chi connectivity index (χ2n) is 7.46. The van der Waals surface area contributed by atoms with Gasteiger partial charge in [-0.1, -0.05) is 50.1 Å². The number of rotatable bonds is 7. The van der Waals surface area contributed by atoms with E-state index in [1.807, 2.05) is 18.2 Å². The van der Waals surface area contributed by atoms with Crippen molar-refractivity contribution in [2.75, 3.05) is 13.2 Å². The van der Waals surface area contributed by atoms with Gasteiger partial charge in [0.25, 0.3) is 0 Å². The lowest BCUT2D eigenvalue weighted by molar-refractivity contribution is -0.123. The Morgan fingerprint density at radius 1 is 1.29 bits per heavy atom. The third-order valence-corrected chi connectivity index (χ3v) is 5.32. The van der Waals surface area contributed by atoms with Crippen molar-refractivity contribution in [3.63, 3.8) is 0 Å². The van der Waals surface area contributed by atoms with Gasteiger partial charge in [0.05, 0.1) is 19.3 Å². The smallest absolute Gasteiger partial charge is 0.237 e. The molecular weight excluding hydrogens is 300 g/mol. The minimum atomic E-state index is 0.00976. The maximum Gasteiger partial charge on any atom is 0.237 e. The Morgan fingerprint density at radius 2 is 2.08 bits per heavy atom. The fraction of sp³-hybridized carbons (Fsp3) is 0.650. The predicted molar refractivity (Wildman–Crippen MR) is 95.6 cm³/mol. The van der Waals surface area contributed by atoms with Crippen LogP contribution in [0.4, 0.5) is 0 Å². The summed E-state index contributed by atoms with van der Waals surface area (Å²) in [5.41, 5.74) is 1.19. The van der Waals surface area contributed by atoms with Gasteiger partial charge in [0.2, 0.25) is 5.91 Å². The third kappa shape index (κ3) is 4.81. The topological polar surface area (TPSA) is 50.4 Å². The van der Waals surface area contributed by atoms with Gasteiger partial charge in [-0.05, 0) is 36.7 Å². The van der Waals surface area contributed by atoms with Crippen LogP contribution in [0.1, 0.15) is 44.6 Å². The average molecular weight is 330 g/mol. The highest BCUT2D eigenvalue weighted by Crippen LogP contribution is 2.33. The molecule has 1 aliphatic carbocycles. The highest BCUT2D eigenvalue weighted by atomic mass is 16.5. The minimum absolute atomic E-state index is 0.00976. The van der Waals surface area contributed by atoms with Crippen LogP contribution in [0, 0.1) is 11.8 Å². The van der Waals surface area contributed by atoms with Gasteiger partial charge in [-0.15, -0.1) is 0 Å². The summed E-state index contributed by atoms with van der Waals surface area (Å²) in [6.45, 7) is 4.10. The molecule has 24 heavy (non-hydrogen) atoms. The molecule has 2 aliphatic rings. The third-order valence-electron chi connectivity index (χ3n) is 5.32. The lowest BCUT2D eigenvalue weighted by Crippen LogP contribution is -2.44. The summed E-state index contributed by atoms with van der Waals surface area (Å²) in [6, 6.07) is 10.8. The number of fused-ring (bicyclic) bond motifs is 1. The van der Waals surface area contributed by atoms with Crippen LogP contribution in [0.3, 0.4) is 0 Å². The number of benzene rings is 1. The van der Waals surface area contributed by atoms with Crippen LogP contribution in [0.5, 0.6) is 0 Å². The normalized spacial score (nSPS) is 27.5. The van der Waals surface area contributed by atoms with E-state index in [-0.39, 0.29) is 11.9 Å². The summed E-state index contributed by atoms with van der Waals surface area (Å²) in [5, 5.41) is 6.64. The number of hydrogen-bond acceptors (Lipinski definition) is 3. The molecule has 0 radical (unpaired) electrons. The SMILES string of the molecule is CC(CNC(=O)C1CC2CCCCC2N1)COCc1ccccc1. The van der Waals surface area contributed by atoms with Crippen LogP contribution >= 0.6 is 0 Å². The zero-order valence-electron chi connectivity index (χ0n) is 14.7. The zero-order chi connectivity index (χ0) is 16.8. The number of carbonyl (C=O) groups is 1. The van der Waals surface area contributed by atoms with E-state index in [2.05, 4.69) is 29.7 Å². The van der Waals surface area contributed by atoms with Gasteiger partial charge in [0, 0.05) is 12.6 Å². The Balaban J connectivity index is 1.32. The molecule has 4 heteroatoms. The average Bonchev–Trinajstić information content (AvgIpc) is 3.05. The Labute approximate surface area is 145 Å². The molecule has 1 aliphatic heterocycles. The Bertz CT molecular complexity index is 506. The van der Waals surface area contributed by atoms with Crippen molar-refractivity contribution in [1.29, 1.82) is 0 Å². The van der Waals surface area contributed by atoms with Gasteiger partial charge in [0.15, 0.2) is 0 Å². The minimum Gasteiger partial charge on any atom is -0.376 e. The van der Waals surface area contributed by atoms with E-state index < -0.39 is 0 Å². The first kappa shape index (κ1) is 17.4.